The number of thiophene rings is 1. The van der Waals surface area contributed by atoms with Crippen LogP contribution >= 0.6 is 34.7 Å². The standard InChI is InChI=1S/C18H17ClFN3OS2/c1-23-9-8-21-18(23)17(13-4-2-3-5-14(13)20)22-16(24)11-25-10-12-6-7-15(19)26-12/h2-9,17H,10-11H2,1H3,(H,22,24)/t17-/m0/s1. The molecule has 0 aliphatic heterocycles. The van der Waals surface area contributed by atoms with Crippen molar-refractivity contribution in [1.29, 1.82) is 0 Å². The molecular weight excluding hydrogens is 393 g/mol. The molecule has 1 aromatic carbocycles. The van der Waals surface area contributed by atoms with Gasteiger partial charge in [-0.1, -0.05) is 29.8 Å². The van der Waals surface area contributed by atoms with Gasteiger partial charge in [-0.15, -0.1) is 23.1 Å². The van der Waals surface area contributed by atoms with E-state index in [-0.39, 0.29) is 17.5 Å². The first-order valence-corrected chi connectivity index (χ1v) is 10.2. The predicted molar refractivity (Wildman–Crippen MR) is 105 cm³/mol. The molecule has 0 spiro atoms. The Balaban J connectivity index is 1.68. The maximum Gasteiger partial charge on any atom is 0.230 e. The minimum absolute atomic E-state index is 0.172. The first-order chi connectivity index (χ1) is 12.5. The molecule has 8 heteroatoms. The third kappa shape index (κ3) is 4.66. The van der Waals surface area contributed by atoms with Gasteiger partial charge in [0, 0.05) is 35.6 Å². The van der Waals surface area contributed by atoms with Crippen molar-refractivity contribution < 1.29 is 9.18 Å². The third-order valence-electron chi connectivity index (χ3n) is 3.74. The maximum absolute atomic E-state index is 14.3. The molecule has 1 N–H and O–H groups in total. The van der Waals surface area contributed by atoms with Crippen molar-refractivity contribution in [3.8, 4) is 0 Å². The third-order valence-corrected chi connectivity index (χ3v) is 6.14. The highest BCUT2D eigenvalue weighted by Crippen LogP contribution is 2.26. The molecule has 26 heavy (non-hydrogen) atoms. The number of rotatable bonds is 7. The number of thioether (sulfide) groups is 1. The summed E-state index contributed by atoms with van der Waals surface area (Å²) >= 11 is 8.90. The molecule has 0 aliphatic carbocycles. The molecule has 0 saturated heterocycles. The summed E-state index contributed by atoms with van der Waals surface area (Å²) in [6.45, 7) is 0. The average Bonchev–Trinajstić information content (AvgIpc) is 3.22. The molecule has 1 atom stereocenters. The summed E-state index contributed by atoms with van der Waals surface area (Å²) in [4.78, 5) is 17.8. The van der Waals surface area contributed by atoms with Crippen LogP contribution in [0, 0.1) is 5.82 Å². The molecule has 0 bridgehead atoms. The number of hydrogen-bond donors (Lipinski definition) is 1. The minimum Gasteiger partial charge on any atom is -0.341 e. The predicted octanol–water partition coefficient (Wildman–Crippen LogP) is 4.41. The second kappa shape index (κ2) is 8.70. The van der Waals surface area contributed by atoms with Gasteiger partial charge in [-0.05, 0) is 18.2 Å². The summed E-state index contributed by atoms with van der Waals surface area (Å²) < 4.78 is 16.8. The summed E-state index contributed by atoms with van der Waals surface area (Å²) in [7, 11) is 1.82. The summed E-state index contributed by atoms with van der Waals surface area (Å²) in [5, 5.41) is 2.90. The Kier molecular flexibility index (Phi) is 6.34. The topological polar surface area (TPSA) is 46.9 Å². The van der Waals surface area contributed by atoms with Crippen LogP contribution in [0.3, 0.4) is 0 Å². The Morgan fingerprint density at radius 1 is 1.38 bits per heavy atom. The lowest BCUT2D eigenvalue weighted by Gasteiger charge is -2.19. The fraction of sp³-hybridized carbons (Fsp3) is 0.222. The SMILES string of the molecule is Cn1ccnc1[C@@H](NC(=O)CSCc1ccc(Cl)s1)c1ccccc1F. The highest BCUT2D eigenvalue weighted by Gasteiger charge is 2.23. The molecule has 1 amide bonds. The van der Waals surface area contributed by atoms with Crippen molar-refractivity contribution in [2.45, 2.75) is 11.8 Å². The van der Waals surface area contributed by atoms with Gasteiger partial charge in [0.1, 0.15) is 17.7 Å². The lowest BCUT2D eigenvalue weighted by molar-refractivity contribution is -0.119. The van der Waals surface area contributed by atoms with E-state index in [4.69, 9.17) is 11.6 Å². The van der Waals surface area contributed by atoms with Crippen LogP contribution < -0.4 is 5.32 Å². The highest BCUT2D eigenvalue weighted by atomic mass is 35.5. The number of hydrogen-bond acceptors (Lipinski definition) is 4. The van der Waals surface area contributed by atoms with Gasteiger partial charge in [-0.25, -0.2) is 9.37 Å². The fourth-order valence-electron chi connectivity index (χ4n) is 2.52. The zero-order valence-corrected chi connectivity index (χ0v) is 16.4. The molecule has 2 aromatic heterocycles. The number of amides is 1. The summed E-state index contributed by atoms with van der Waals surface area (Å²) in [6.07, 6.45) is 3.40. The maximum atomic E-state index is 14.3. The average molecular weight is 410 g/mol. The van der Waals surface area contributed by atoms with Gasteiger partial charge in [-0.3, -0.25) is 4.79 Å². The second-order valence-corrected chi connectivity index (χ2v) is 8.40. The lowest BCUT2D eigenvalue weighted by atomic mass is 10.1. The molecule has 136 valence electrons. The van der Waals surface area contributed by atoms with E-state index in [1.807, 2.05) is 19.2 Å². The Labute approximate surface area is 164 Å². The number of imidazole rings is 1. The number of aryl methyl sites for hydroxylation is 1. The number of halogens is 2. The molecule has 0 aliphatic rings. The van der Waals surface area contributed by atoms with Gasteiger partial charge < -0.3 is 9.88 Å². The molecule has 4 nitrogen and oxygen atoms in total. The van der Waals surface area contributed by atoms with Crippen LogP contribution in [0.15, 0.2) is 48.8 Å². The molecule has 3 rings (SSSR count). The number of nitrogens with one attached hydrogen (secondary N) is 1. The number of carbonyl (C=O) groups is 1. The zero-order valence-electron chi connectivity index (χ0n) is 14.0. The van der Waals surface area contributed by atoms with E-state index in [0.717, 1.165) is 9.21 Å². The van der Waals surface area contributed by atoms with Gasteiger partial charge in [0.25, 0.3) is 0 Å². The Bertz CT molecular complexity index is 896. The minimum atomic E-state index is -0.638. The van der Waals surface area contributed by atoms with E-state index in [0.29, 0.717) is 17.1 Å². The van der Waals surface area contributed by atoms with E-state index in [1.54, 1.807) is 35.2 Å². The highest BCUT2D eigenvalue weighted by molar-refractivity contribution is 7.99. The van der Waals surface area contributed by atoms with Gasteiger partial charge >= 0.3 is 0 Å². The van der Waals surface area contributed by atoms with Crippen LogP contribution in [0.4, 0.5) is 4.39 Å². The van der Waals surface area contributed by atoms with Crippen LogP contribution in [0.2, 0.25) is 4.34 Å². The number of carbonyl (C=O) groups excluding carboxylic acids is 1. The normalized spacial score (nSPS) is 12.1. The Morgan fingerprint density at radius 2 is 2.19 bits per heavy atom. The van der Waals surface area contributed by atoms with Crippen LogP contribution in [-0.2, 0) is 17.6 Å². The van der Waals surface area contributed by atoms with Crippen LogP contribution in [-0.4, -0.2) is 21.2 Å². The number of aromatic nitrogens is 2. The summed E-state index contributed by atoms with van der Waals surface area (Å²) in [5.41, 5.74) is 0.394. The summed E-state index contributed by atoms with van der Waals surface area (Å²) in [5.74, 6) is 1.01. The van der Waals surface area contributed by atoms with Crippen molar-refractivity contribution in [3.05, 3.63) is 75.2 Å². The van der Waals surface area contributed by atoms with Crippen LogP contribution in [0.5, 0.6) is 0 Å². The number of benzene rings is 1. The molecule has 0 radical (unpaired) electrons. The molecule has 0 fully saturated rings. The molecule has 0 saturated carbocycles. The van der Waals surface area contributed by atoms with Crippen molar-refractivity contribution in [2.24, 2.45) is 7.05 Å². The zero-order chi connectivity index (χ0) is 18.5. The van der Waals surface area contributed by atoms with E-state index in [2.05, 4.69) is 10.3 Å². The monoisotopic (exact) mass is 409 g/mol. The second-order valence-electron chi connectivity index (χ2n) is 5.62. The van der Waals surface area contributed by atoms with Crippen LogP contribution in [0.1, 0.15) is 22.3 Å². The van der Waals surface area contributed by atoms with Crippen molar-refractivity contribution in [3.63, 3.8) is 0 Å². The van der Waals surface area contributed by atoms with Gasteiger partial charge in [0.05, 0.1) is 10.1 Å². The smallest absolute Gasteiger partial charge is 0.230 e. The Morgan fingerprint density at radius 3 is 2.85 bits per heavy atom. The van der Waals surface area contributed by atoms with Crippen LogP contribution in [0.25, 0.3) is 0 Å². The Hall–Kier alpha value is -1.83. The molecular formula is C18H17ClFN3OS2. The summed E-state index contributed by atoms with van der Waals surface area (Å²) in [6, 6.07) is 9.57. The van der Waals surface area contributed by atoms with Gasteiger partial charge in [0.15, 0.2) is 0 Å². The van der Waals surface area contributed by atoms with E-state index in [1.165, 1.54) is 29.2 Å². The van der Waals surface area contributed by atoms with Crippen molar-refractivity contribution in [2.75, 3.05) is 5.75 Å². The van der Waals surface area contributed by atoms with Gasteiger partial charge in [0.2, 0.25) is 5.91 Å². The van der Waals surface area contributed by atoms with E-state index >= 15 is 0 Å². The van der Waals surface area contributed by atoms with Crippen molar-refractivity contribution >= 4 is 40.6 Å². The molecule has 3 aromatic rings. The number of nitrogens with zero attached hydrogens (tertiary/aromatic N) is 2. The van der Waals surface area contributed by atoms with Crippen molar-refractivity contribution in [1.82, 2.24) is 14.9 Å². The van der Waals surface area contributed by atoms with E-state index < -0.39 is 6.04 Å². The van der Waals surface area contributed by atoms with E-state index in [9.17, 15) is 9.18 Å². The lowest BCUT2D eigenvalue weighted by Crippen LogP contribution is -2.32. The van der Waals surface area contributed by atoms with Gasteiger partial charge in [-0.2, -0.15) is 0 Å². The largest absolute Gasteiger partial charge is 0.341 e. The quantitative estimate of drug-likeness (QED) is 0.628. The first-order valence-electron chi connectivity index (χ1n) is 7.87. The molecule has 0 unspecified atom stereocenters. The fourth-order valence-corrected chi connectivity index (χ4v) is 4.56. The molecule has 2 heterocycles. The first kappa shape index (κ1) is 18.9.